The van der Waals surface area contributed by atoms with E-state index in [9.17, 15) is 9.59 Å². The monoisotopic (exact) mass is 305 g/mol. The number of nitrogens with one attached hydrogen (secondary N) is 1. The lowest BCUT2D eigenvalue weighted by atomic mass is 9.85. The smallest absolute Gasteiger partial charge is 0.319 e. The molecule has 3 amide bonds. The first-order chi connectivity index (χ1) is 10.5. The summed E-state index contributed by atoms with van der Waals surface area (Å²) >= 11 is 0. The zero-order valence-electron chi connectivity index (χ0n) is 13.2. The van der Waals surface area contributed by atoms with Crippen LogP contribution in [0.25, 0.3) is 0 Å². The van der Waals surface area contributed by atoms with Crippen molar-refractivity contribution in [3.05, 3.63) is 17.7 Å². The Hall–Kier alpha value is -2.05. The van der Waals surface area contributed by atoms with Crippen molar-refractivity contribution >= 4 is 11.9 Å². The van der Waals surface area contributed by atoms with Crippen molar-refractivity contribution in [2.24, 2.45) is 5.92 Å². The van der Waals surface area contributed by atoms with Gasteiger partial charge in [0.25, 0.3) is 0 Å². The van der Waals surface area contributed by atoms with Gasteiger partial charge in [-0.1, -0.05) is 6.42 Å². The maximum atomic E-state index is 12.0. The molecule has 120 valence electrons. The lowest BCUT2D eigenvalue weighted by Crippen LogP contribution is -2.43. The van der Waals surface area contributed by atoms with Crippen LogP contribution < -0.4 is 5.32 Å². The van der Waals surface area contributed by atoms with E-state index in [1.54, 1.807) is 23.9 Å². The fourth-order valence-corrected chi connectivity index (χ4v) is 2.83. The molecule has 1 aromatic heterocycles. The first kappa shape index (κ1) is 14.9. The minimum absolute atomic E-state index is 0.00841. The second kappa shape index (κ2) is 5.98. The van der Waals surface area contributed by atoms with Crippen molar-refractivity contribution in [3.8, 4) is 0 Å². The van der Waals surface area contributed by atoms with Crippen molar-refractivity contribution in [1.29, 1.82) is 0 Å². The van der Waals surface area contributed by atoms with Gasteiger partial charge in [-0.25, -0.2) is 9.78 Å². The van der Waals surface area contributed by atoms with Crippen molar-refractivity contribution < 1.29 is 9.59 Å². The molecule has 0 aromatic carbocycles. The Morgan fingerprint density at radius 2 is 2.14 bits per heavy atom. The third-order valence-electron chi connectivity index (χ3n) is 4.42. The van der Waals surface area contributed by atoms with E-state index >= 15 is 0 Å². The molecule has 1 fully saturated rings. The molecule has 1 aromatic rings. The van der Waals surface area contributed by atoms with Gasteiger partial charge in [0, 0.05) is 39.3 Å². The van der Waals surface area contributed by atoms with Crippen LogP contribution in [-0.2, 0) is 24.4 Å². The molecule has 0 radical (unpaired) electrons. The van der Waals surface area contributed by atoms with Gasteiger partial charge in [0.15, 0.2) is 0 Å². The molecular formula is C15H23N5O2. The molecule has 2 heterocycles. The van der Waals surface area contributed by atoms with Crippen LogP contribution in [0.3, 0.4) is 0 Å². The van der Waals surface area contributed by atoms with Gasteiger partial charge in [0.2, 0.25) is 5.91 Å². The Bertz CT molecular complexity index is 576. The van der Waals surface area contributed by atoms with E-state index in [0.717, 1.165) is 37.3 Å². The largest absolute Gasteiger partial charge is 0.350 e. The summed E-state index contributed by atoms with van der Waals surface area (Å²) in [5, 5.41) is 2.96. The highest BCUT2D eigenvalue weighted by Gasteiger charge is 2.26. The van der Waals surface area contributed by atoms with E-state index in [4.69, 9.17) is 0 Å². The molecule has 0 spiro atoms. The first-order valence-electron chi connectivity index (χ1n) is 7.83. The van der Waals surface area contributed by atoms with Crippen molar-refractivity contribution in [1.82, 2.24) is 24.7 Å². The van der Waals surface area contributed by atoms with E-state index in [2.05, 4.69) is 14.9 Å². The van der Waals surface area contributed by atoms with E-state index in [1.807, 2.05) is 6.20 Å². The fraction of sp³-hybridized carbons (Fsp3) is 0.667. The maximum absolute atomic E-state index is 12.0. The molecule has 7 heteroatoms. The number of urea groups is 1. The normalized spacial score (nSPS) is 17.6. The summed E-state index contributed by atoms with van der Waals surface area (Å²) in [6.07, 6.45) is 5.15. The number of imidazole rings is 1. The Morgan fingerprint density at radius 3 is 2.77 bits per heavy atom. The fourth-order valence-electron chi connectivity index (χ4n) is 2.83. The summed E-state index contributed by atoms with van der Waals surface area (Å²) in [5.74, 6) is 1.22. The van der Waals surface area contributed by atoms with Crippen LogP contribution in [0, 0.1) is 5.92 Å². The van der Waals surface area contributed by atoms with E-state index in [0.29, 0.717) is 19.6 Å². The number of amides is 3. The highest BCUT2D eigenvalue weighted by molar-refractivity contribution is 5.79. The Morgan fingerprint density at radius 1 is 1.36 bits per heavy atom. The first-order valence-corrected chi connectivity index (χ1v) is 7.83. The molecule has 0 bridgehead atoms. The minimum Gasteiger partial charge on any atom is -0.350 e. The summed E-state index contributed by atoms with van der Waals surface area (Å²) < 4.78 is 2.07. The minimum atomic E-state index is 0.00841. The summed E-state index contributed by atoms with van der Waals surface area (Å²) in [6, 6.07) is 0.00841. The van der Waals surface area contributed by atoms with Gasteiger partial charge in [0.1, 0.15) is 5.82 Å². The molecule has 3 rings (SSSR count). The Balaban J connectivity index is 1.58. The number of carbonyl (C=O) groups is 2. The van der Waals surface area contributed by atoms with E-state index in [1.165, 1.54) is 0 Å². The highest BCUT2D eigenvalue weighted by atomic mass is 16.2. The molecule has 1 N–H and O–H groups in total. The van der Waals surface area contributed by atoms with E-state index < -0.39 is 0 Å². The number of fused-ring (bicyclic) bond motifs is 1. The highest BCUT2D eigenvalue weighted by Crippen LogP contribution is 2.26. The van der Waals surface area contributed by atoms with Crippen LogP contribution in [0.4, 0.5) is 4.79 Å². The van der Waals surface area contributed by atoms with Gasteiger partial charge < -0.3 is 19.7 Å². The number of nitrogens with zero attached hydrogens (tertiary/aromatic N) is 4. The second-order valence-corrected chi connectivity index (χ2v) is 6.29. The van der Waals surface area contributed by atoms with Gasteiger partial charge in [-0.15, -0.1) is 0 Å². The van der Waals surface area contributed by atoms with Crippen LogP contribution in [0.5, 0.6) is 0 Å². The zero-order chi connectivity index (χ0) is 15.7. The van der Waals surface area contributed by atoms with Crippen LogP contribution in [0.15, 0.2) is 6.20 Å². The molecule has 22 heavy (non-hydrogen) atoms. The predicted molar refractivity (Wildman–Crippen MR) is 80.9 cm³/mol. The summed E-state index contributed by atoms with van der Waals surface area (Å²) in [5.41, 5.74) is 0.863. The molecule has 0 atom stereocenters. The lowest BCUT2D eigenvalue weighted by molar-refractivity contribution is -0.127. The van der Waals surface area contributed by atoms with Gasteiger partial charge in [-0.3, -0.25) is 4.79 Å². The van der Waals surface area contributed by atoms with Gasteiger partial charge in [-0.05, 0) is 12.8 Å². The van der Waals surface area contributed by atoms with Crippen LogP contribution in [0.1, 0.15) is 30.8 Å². The van der Waals surface area contributed by atoms with Gasteiger partial charge in [-0.2, -0.15) is 0 Å². The number of hydrogen-bond donors (Lipinski definition) is 1. The topological polar surface area (TPSA) is 70.5 Å². The number of carbonyl (C=O) groups excluding carboxylic acids is 2. The maximum Gasteiger partial charge on any atom is 0.319 e. The molecular weight excluding hydrogens is 282 g/mol. The lowest BCUT2D eigenvalue weighted by Gasteiger charge is -2.29. The quantitative estimate of drug-likeness (QED) is 0.898. The summed E-state index contributed by atoms with van der Waals surface area (Å²) in [4.78, 5) is 31.8. The standard InChI is InChI=1S/C15H23N5O2/c1-18(2)15(22)20-7-6-19-9-12(17-13(19)10-20)8-16-14(21)11-4-3-5-11/h9,11H,3-8,10H2,1-2H3,(H,16,21). The summed E-state index contributed by atoms with van der Waals surface area (Å²) in [7, 11) is 3.51. The van der Waals surface area contributed by atoms with Crippen LogP contribution in [-0.4, -0.2) is 51.9 Å². The third kappa shape index (κ3) is 2.93. The second-order valence-electron chi connectivity index (χ2n) is 6.29. The number of rotatable bonds is 3. The van der Waals surface area contributed by atoms with E-state index in [-0.39, 0.29) is 17.9 Å². The molecule has 1 aliphatic carbocycles. The Kier molecular flexibility index (Phi) is 4.04. The molecule has 1 saturated carbocycles. The van der Waals surface area contributed by atoms with Crippen LogP contribution in [0.2, 0.25) is 0 Å². The van der Waals surface area contributed by atoms with Crippen molar-refractivity contribution in [2.45, 2.75) is 38.9 Å². The van der Waals surface area contributed by atoms with Gasteiger partial charge in [0.05, 0.1) is 18.8 Å². The molecule has 7 nitrogen and oxygen atoms in total. The SMILES string of the molecule is CN(C)C(=O)N1CCn2cc(CNC(=O)C3CCC3)nc2C1. The van der Waals surface area contributed by atoms with Crippen LogP contribution >= 0.6 is 0 Å². The summed E-state index contributed by atoms with van der Waals surface area (Å²) in [6.45, 7) is 2.43. The zero-order valence-corrected chi connectivity index (χ0v) is 13.2. The van der Waals surface area contributed by atoms with Crippen molar-refractivity contribution in [3.63, 3.8) is 0 Å². The molecule has 2 aliphatic rings. The number of hydrogen-bond acceptors (Lipinski definition) is 3. The molecule has 0 unspecified atom stereocenters. The third-order valence-corrected chi connectivity index (χ3v) is 4.42. The predicted octanol–water partition coefficient (Wildman–Crippen LogP) is 0.797. The van der Waals surface area contributed by atoms with Gasteiger partial charge >= 0.3 is 6.03 Å². The van der Waals surface area contributed by atoms with Crippen molar-refractivity contribution in [2.75, 3.05) is 20.6 Å². The molecule has 0 saturated heterocycles. The Labute approximate surface area is 130 Å². The number of aromatic nitrogens is 2. The average molecular weight is 305 g/mol. The molecule has 1 aliphatic heterocycles. The average Bonchev–Trinajstić information content (AvgIpc) is 2.84.